The molecule has 0 radical (unpaired) electrons. The molecule has 3 rings (SSSR count). The van der Waals surface area contributed by atoms with Crippen molar-refractivity contribution in [3.05, 3.63) is 42.5 Å². The van der Waals surface area contributed by atoms with E-state index < -0.39 is 0 Å². The van der Waals surface area contributed by atoms with Crippen LogP contribution in [0.4, 0.5) is 0 Å². The Bertz CT molecular complexity index is 710. The van der Waals surface area contributed by atoms with E-state index in [4.69, 9.17) is 0 Å². The number of guanidine groups is 1. The molecule has 2 aromatic rings. The van der Waals surface area contributed by atoms with Gasteiger partial charge in [0.15, 0.2) is 11.8 Å². The molecule has 0 spiro atoms. The molecule has 1 aliphatic rings. The zero-order valence-electron chi connectivity index (χ0n) is 16.4. The van der Waals surface area contributed by atoms with Crippen LogP contribution in [0.5, 0.6) is 0 Å². The van der Waals surface area contributed by atoms with Crippen molar-refractivity contribution in [2.24, 2.45) is 4.99 Å². The van der Waals surface area contributed by atoms with E-state index in [9.17, 15) is 0 Å². The predicted molar refractivity (Wildman–Crippen MR) is 109 cm³/mol. The molecule has 1 saturated heterocycles. The zero-order chi connectivity index (χ0) is 18.9. The quantitative estimate of drug-likeness (QED) is 0.578. The van der Waals surface area contributed by atoms with Crippen LogP contribution < -0.4 is 10.6 Å². The molecule has 2 N–H and O–H groups in total. The number of aliphatic imine (C=N–C) groups is 1. The van der Waals surface area contributed by atoms with Crippen LogP contribution in [0.3, 0.4) is 0 Å². The van der Waals surface area contributed by atoms with E-state index in [1.807, 2.05) is 34.9 Å². The summed E-state index contributed by atoms with van der Waals surface area (Å²) in [4.78, 5) is 6.94. The van der Waals surface area contributed by atoms with Crippen molar-refractivity contribution in [3.8, 4) is 5.69 Å². The summed E-state index contributed by atoms with van der Waals surface area (Å²) in [6, 6.07) is 10.8. The van der Waals surface area contributed by atoms with Gasteiger partial charge in [-0.3, -0.25) is 14.5 Å². The normalized spacial score (nSPS) is 18.4. The van der Waals surface area contributed by atoms with Crippen molar-refractivity contribution >= 4 is 5.96 Å². The second-order valence-electron chi connectivity index (χ2n) is 6.90. The van der Waals surface area contributed by atoms with Gasteiger partial charge in [-0.25, -0.2) is 0 Å². The molecule has 1 aliphatic heterocycles. The minimum Gasteiger partial charge on any atom is -0.355 e. The van der Waals surface area contributed by atoms with Gasteiger partial charge in [-0.2, -0.15) is 0 Å². The van der Waals surface area contributed by atoms with E-state index in [0.717, 1.165) is 36.6 Å². The fourth-order valence-corrected chi connectivity index (χ4v) is 3.70. The highest BCUT2D eigenvalue weighted by Gasteiger charge is 2.20. The van der Waals surface area contributed by atoms with Crippen molar-refractivity contribution in [2.45, 2.75) is 45.2 Å². The molecule has 7 nitrogen and oxygen atoms in total. The first-order valence-electron chi connectivity index (χ1n) is 9.94. The van der Waals surface area contributed by atoms with Crippen molar-refractivity contribution in [3.63, 3.8) is 0 Å². The molecule has 1 atom stereocenters. The highest BCUT2D eigenvalue weighted by Crippen LogP contribution is 2.18. The van der Waals surface area contributed by atoms with Crippen LogP contribution in [0.25, 0.3) is 5.69 Å². The maximum Gasteiger partial charge on any atom is 0.191 e. The number of likely N-dealkylation sites (tertiary alicyclic amines) is 1. The molecule has 0 aliphatic carbocycles. The smallest absolute Gasteiger partial charge is 0.191 e. The van der Waals surface area contributed by atoms with E-state index >= 15 is 0 Å². The monoisotopic (exact) mass is 369 g/mol. The number of aromatic nitrogens is 3. The Kier molecular flexibility index (Phi) is 7.21. The Balaban J connectivity index is 1.48. The SMILES string of the molecule is CCC1CCCCN1CCNC(=NC)NCc1nncn1-c1ccccc1. The van der Waals surface area contributed by atoms with Crippen LogP contribution in [0.2, 0.25) is 0 Å². The summed E-state index contributed by atoms with van der Waals surface area (Å²) in [6.07, 6.45) is 7.00. The van der Waals surface area contributed by atoms with E-state index in [-0.39, 0.29) is 0 Å². The third-order valence-electron chi connectivity index (χ3n) is 5.20. The predicted octanol–water partition coefficient (Wildman–Crippen LogP) is 2.20. The van der Waals surface area contributed by atoms with Gasteiger partial charge in [-0.1, -0.05) is 31.5 Å². The second-order valence-corrected chi connectivity index (χ2v) is 6.90. The highest BCUT2D eigenvalue weighted by molar-refractivity contribution is 5.79. The van der Waals surface area contributed by atoms with Gasteiger partial charge in [0, 0.05) is 31.9 Å². The molecular formula is C20H31N7. The summed E-state index contributed by atoms with van der Waals surface area (Å²) in [7, 11) is 1.80. The van der Waals surface area contributed by atoms with Crippen molar-refractivity contribution in [1.29, 1.82) is 0 Å². The minimum absolute atomic E-state index is 0.565. The summed E-state index contributed by atoms with van der Waals surface area (Å²) in [5, 5.41) is 15.0. The van der Waals surface area contributed by atoms with Crippen LogP contribution >= 0.6 is 0 Å². The van der Waals surface area contributed by atoms with Crippen LogP contribution in [0.1, 0.15) is 38.4 Å². The van der Waals surface area contributed by atoms with Gasteiger partial charge >= 0.3 is 0 Å². The van der Waals surface area contributed by atoms with Gasteiger partial charge in [0.1, 0.15) is 6.33 Å². The number of para-hydroxylation sites is 1. The highest BCUT2D eigenvalue weighted by atomic mass is 15.3. The molecule has 1 fully saturated rings. The lowest BCUT2D eigenvalue weighted by Gasteiger charge is -2.35. The van der Waals surface area contributed by atoms with Gasteiger partial charge in [0.05, 0.1) is 6.54 Å². The van der Waals surface area contributed by atoms with Gasteiger partial charge in [-0.05, 0) is 37.9 Å². The summed E-state index contributed by atoms with van der Waals surface area (Å²) in [5.74, 6) is 1.65. The van der Waals surface area contributed by atoms with Gasteiger partial charge in [-0.15, -0.1) is 10.2 Å². The third-order valence-corrected chi connectivity index (χ3v) is 5.20. The molecule has 1 aromatic carbocycles. The van der Waals surface area contributed by atoms with Crippen LogP contribution in [-0.2, 0) is 6.54 Å². The Labute approximate surface area is 161 Å². The number of nitrogens with one attached hydrogen (secondary N) is 2. The third kappa shape index (κ3) is 5.29. The minimum atomic E-state index is 0.565. The summed E-state index contributed by atoms with van der Waals surface area (Å²) >= 11 is 0. The Morgan fingerprint density at radius 2 is 2.07 bits per heavy atom. The lowest BCUT2D eigenvalue weighted by Crippen LogP contribution is -2.45. The summed E-state index contributed by atoms with van der Waals surface area (Å²) < 4.78 is 1.99. The number of rotatable bonds is 7. The van der Waals surface area contributed by atoms with Crippen LogP contribution in [-0.4, -0.2) is 58.3 Å². The molecule has 2 heterocycles. The maximum atomic E-state index is 4.33. The molecule has 0 bridgehead atoms. The Hall–Kier alpha value is -2.41. The Morgan fingerprint density at radius 3 is 2.85 bits per heavy atom. The van der Waals surface area contributed by atoms with E-state index in [2.05, 4.69) is 37.6 Å². The fourth-order valence-electron chi connectivity index (χ4n) is 3.70. The molecule has 1 unspecified atom stereocenters. The average Bonchev–Trinajstić information content (AvgIpc) is 3.20. The topological polar surface area (TPSA) is 70.4 Å². The molecule has 1 aromatic heterocycles. The standard InChI is InChI=1S/C20H31N7/c1-3-17-9-7-8-13-26(17)14-12-22-20(21-2)23-15-19-25-24-16-27(19)18-10-5-4-6-11-18/h4-6,10-11,16-17H,3,7-9,12-15H2,1-2H3,(H2,21,22,23). The molecule has 27 heavy (non-hydrogen) atoms. The molecule has 0 amide bonds. The van der Waals surface area contributed by atoms with Crippen molar-refractivity contribution < 1.29 is 0 Å². The van der Waals surface area contributed by atoms with Crippen molar-refractivity contribution in [1.82, 2.24) is 30.3 Å². The number of piperidine rings is 1. The number of nitrogens with zero attached hydrogens (tertiary/aromatic N) is 5. The second kappa shape index (κ2) is 10.1. The van der Waals surface area contributed by atoms with Gasteiger partial charge < -0.3 is 10.6 Å². The molecule has 146 valence electrons. The molecule has 0 saturated carbocycles. The number of hydrogen-bond acceptors (Lipinski definition) is 4. The largest absolute Gasteiger partial charge is 0.355 e. The van der Waals surface area contributed by atoms with Crippen LogP contribution in [0.15, 0.2) is 41.7 Å². The lowest BCUT2D eigenvalue weighted by molar-refractivity contribution is 0.147. The molecular weight excluding hydrogens is 338 g/mol. The van der Waals surface area contributed by atoms with Gasteiger partial charge in [0.2, 0.25) is 0 Å². The number of hydrogen-bond donors (Lipinski definition) is 2. The van der Waals surface area contributed by atoms with Crippen LogP contribution in [0, 0.1) is 0 Å². The van der Waals surface area contributed by atoms with E-state index in [1.165, 1.54) is 32.2 Å². The summed E-state index contributed by atoms with van der Waals surface area (Å²) in [6.45, 7) is 6.02. The zero-order valence-corrected chi connectivity index (χ0v) is 16.4. The summed E-state index contributed by atoms with van der Waals surface area (Å²) in [5.41, 5.74) is 1.05. The fraction of sp³-hybridized carbons (Fsp3) is 0.550. The Morgan fingerprint density at radius 1 is 1.22 bits per heavy atom. The first-order valence-corrected chi connectivity index (χ1v) is 9.94. The van der Waals surface area contributed by atoms with E-state index in [0.29, 0.717) is 6.54 Å². The first kappa shape index (κ1) is 19.4. The molecule has 7 heteroatoms. The average molecular weight is 370 g/mol. The van der Waals surface area contributed by atoms with Gasteiger partial charge in [0.25, 0.3) is 0 Å². The lowest BCUT2D eigenvalue weighted by atomic mass is 10.0. The van der Waals surface area contributed by atoms with E-state index in [1.54, 1.807) is 13.4 Å². The first-order chi connectivity index (χ1) is 13.3. The maximum absolute atomic E-state index is 4.33. The van der Waals surface area contributed by atoms with Crippen molar-refractivity contribution in [2.75, 3.05) is 26.7 Å². The number of benzene rings is 1.